The van der Waals surface area contributed by atoms with Crippen LogP contribution in [0.15, 0.2) is 53.9 Å². The van der Waals surface area contributed by atoms with Gasteiger partial charge in [-0.2, -0.15) is 0 Å². The van der Waals surface area contributed by atoms with Crippen LogP contribution < -0.4 is 11.1 Å². The fourth-order valence-corrected chi connectivity index (χ4v) is 3.10. The van der Waals surface area contributed by atoms with E-state index in [0.717, 1.165) is 19.3 Å². The fraction of sp³-hybridized carbons (Fsp3) is 0.364. The van der Waals surface area contributed by atoms with E-state index >= 15 is 0 Å². The molecule has 29 heavy (non-hydrogen) atoms. The molecule has 2 amide bonds. The highest BCUT2D eigenvalue weighted by atomic mass is 16.5. The average Bonchev–Trinajstić information content (AvgIpc) is 2.71. The molecule has 0 saturated carbocycles. The van der Waals surface area contributed by atoms with Crippen molar-refractivity contribution in [3.05, 3.63) is 60.0 Å². The second-order valence-electron chi connectivity index (χ2n) is 6.79. The highest BCUT2D eigenvalue weighted by Gasteiger charge is 2.26. The monoisotopic (exact) mass is 397 g/mol. The molecule has 0 radical (unpaired) electrons. The maximum atomic E-state index is 12.9. The molecule has 1 unspecified atom stereocenters. The third-order valence-electron chi connectivity index (χ3n) is 4.60. The molecular formula is C22H27N3O4. The molecule has 3 N–H and O–H groups in total. The number of hydrogen-bond donors (Lipinski definition) is 2. The zero-order valence-electron chi connectivity index (χ0n) is 16.6. The van der Waals surface area contributed by atoms with Gasteiger partial charge < -0.3 is 15.8 Å². The lowest BCUT2D eigenvalue weighted by Gasteiger charge is -2.17. The normalized spacial score (nSPS) is 22.0. The number of nitrogens with zero attached hydrogens (tertiary/aromatic N) is 1. The molecule has 7 heteroatoms. The highest BCUT2D eigenvalue weighted by molar-refractivity contribution is 6.38. The Morgan fingerprint density at radius 1 is 1.21 bits per heavy atom. The maximum absolute atomic E-state index is 12.9. The van der Waals surface area contributed by atoms with E-state index in [9.17, 15) is 14.4 Å². The molecule has 0 aromatic heterocycles. The Morgan fingerprint density at radius 2 is 1.90 bits per heavy atom. The van der Waals surface area contributed by atoms with Gasteiger partial charge in [0.2, 0.25) is 11.7 Å². The Hall–Kier alpha value is -3.22. The second-order valence-corrected chi connectivity index (χ2v) is 6.79. The Bertz CT molecular complexity index is 842. The molecule has 154 valence electrons. The average molecular weight is 397 g/mol. The minimum Gasteiger partial charge on any atom is -0.478 e. The zero-order chi connectivity index (χ0) is 21.2. The molecule has 0 spiro atoms. The molecule has 1 aliphatic rings. The molecule has 1 atom stereocenters. The smallest absolute Gasteiger partial charge is 0.287 e. The third kappa shape index (κ3) is 6.41. The number of hydrogen-bond acceptors (Lipinski definition) is 5. The van der Waals surface area contributed by atoms with Crippen LogP contribution >= 0.6 is 0 Å². The summed E-state index contributed by atoms with van der Waals surface area (Å²) < 4.78 is 5.75. The van der Waals surface area contributed by atoms with E-state index < -0.39 is 23.6 Å². The predicted octanol–water partition coefficient (Wildman–Crippen LogP) is 2.66. The second kappa shape index (κ2) is 10.9. The lowest BCUT2D eigenvalue weighted by molar-refractivity contribution is -0.137. The topological polar surface area (TPSA) is 111 Å². The molecular weight excluding hydrogens is 370 g/mol. The zero-order valence-corrected chi connectivity index (χ0v) is 16.6. The molecule has 1 heterocycles. The number of Topliss-reactive ketones (excluding diaryl/α,β-unsaturated/α-hetero) is 1. The van der Waals surface area contributed by atoms with E-state index in [4.69, 9.17) is 10.5 Å². The number of ketones is 1. The van der Waals surface area contributed by atoms with Crippen molar-refractivity contribution >= 4 is 23.3 Å². The van der Waals surface area contributed by atoms with Crippen LogP contribution in [0.2, 0.25) is 0 Å². The van der Waals surface area contributed by atoms with Crippen molar-refractivity contribution in [2.45, 2.75) is 45.1 Å². The van der Waals surface area contributed by atoms with E-state index in [-0.39, 0.29) is 0 Å². The van der Waals surface area contributed by atoms with E-state index in [1.807, 2.05) is 0 Å². The number of ether oxygens (including phenoxy) is 1. The van der Waals surface area contributed by atoms with Gasteiger partial charge in [-0.1, -0.05) is 50.1 Å². The largest absolute Gasteiger partial charge is 0.478 e. The van der Waals surface area contributed by atoms with Gasteiger partial charge in [-0.05, 0) is 31.9 Å². The fourth-order valence-electron chi connectivity index (χ4n) is 3.10. The summed E-state index contributed by atoms with van der Waals surface area (Å²) in [5, 5.41) is 2.67. The molecule has 1 aromatic rings. The number of rotatable bonds is 3. The van der Waals surface area contributed by atoms with E-state index in [2.05, 4.69) is 16.9 Å². The van der Waals surface area contributed by atoms with Crippen LogP contribution in [0, 0.1) is 0 Å². The van der Waals surface area contributed by atoms with E-state index in [1.54, 1.807) is 43.3 Å². The van der Waals surface area contributed by atoms with Gasteiger partial charge in [0.15, 0.2) is 0 Å². The number of primary amides is 1. The first kappa shape index (κ1) is 22.1. The van der Waals surface area contributed by atoms with Gasteiger partial charge in [0.25, 0.3) is 11.8 Å². The first-order valence-corrected chi connectivity index (χ1v) is 9.68. The third-order valence-corrected chi connectivity index (χ3v) is 4.60. The van der Waals surface area contributed by atoms with Gasteiger partial charge in [-0.3, -0.25) is 14.4 Å². The summed E-state index contributed by atoms with van der Waals surface area (Å²) in [6, 6.07) is 5.99. The standard InChI is InChI=1S/C22H27N3O4/c1-3-10-19-24-15(2)16-11-7-8-12-17(16)22(28)25-18(20(26)21(23)27)13-6-4-5-9-14-29-19/h3,7-8,10-12,18H,1,4-6,9,13-14H2,2H3,(H2,23,27)(H,25,28)/b19-10+,24-15+. The molecule has 0 saturated heterocycles. The number of fused-ring (bicyclic) bond motifs is 1. The van der Waals surface area contributed by atoms with E-state index in [1.165, 1.54) is 0 Å². The van der Waals surface area contributed by atoms with Crippen molar-refractivity contribution in [3.8, 4) is 0 Å². The SMILES string of the molecule is C=C/C=C1\N=C(/C)c2ccccc2C(=O)NC(C(=O)C(N)=O)CCCCCCO1. The summed E-state index contributed by atoms with van der Waals surface area (Å²) in [6.45, 7) is 5.96. The van der Waals surface area contributed by atoms with Gasteiger partial charge in [0, 0.05) is 16.8 Å². The van der Waals surface area contributed by atoms with Gasteiger partial charge in [-0.25, -0.2) is 4.99 Å². The van der Waals surface area contributed by atoms with Crippen LogP contribution in [-0.2, 0) is 14.3 Å². The van der Waals surface area contributed by atoms with Crippen LogP contribution in [-0.4, -0.2) is 36.0 Å². The molecule has 7 nitrogen and oxygen atoms in total. The van der Waals surface area contributed by atoms with Crippen molar-refractivity contribution in [1.82, 2.24) is 5.32 Å². The number of carbonyl (C=O) groups is 3. The first-order valence-electron chi connectivity index (χ1n) is 9.68. The predicted molar refractivity (Wildman–Crippen MR) is 111 cm³/mol. The van der Waals surface area contributed by atoms with Crippen LogP contribution in [0.3, 0.4) is 0 Å². The summed E-state index contributed by atoms with van der Waals surface area (Å²) in [6.07, 6.45) is 6.84. The molecule has 1 aromatic carbocycles. The van der Waals surface area contributed by atoms with Crippen molar-refractivity contribution in [3.63, 3.8) is 0 Å². The molecule has 0 bridgehead atoms. The number of nitrogens with two attached hydrogens (primary N) is 1. The van der Waals surface area contributed by atoms with Crippen LogP contribution in [0.1, 0.15) is 54.9 Å². The highest BCUT2D eigenvalue weighted by Crippen LogP contribution is 2.15. The van der Waals surface area contributed by atoms with Gasteiger partial charge in [0.05, 0.1) is 12.6 Å². The van der Waals surface area contributed by atoms with Crippen LogP contribution in [0.25, 0.3) is 0 Å². The summed E-state index contributed by atoms with van der Waals surface area (Å²) >= 11 is 0. The minimum atomic E-state index is -1.05. The van der Waals surface area contributed by atoms with Gasteiger partial charge in [-0.15, -0.1) is 0 Å². The Balaban J connectivity index is 2.43. The molecule has 0 fully saturated rings. The summed E-state index contributed by atoms with van der Waals surface area (Å²) in [5.74, 6) is -1.87. The van der Waals surface area contributed by atoms with Crippen LogP contribution in [0.5, 0.6) is 0 Å². The lowest BCUT2D eigenvalue weighted by atomic mass is 10.00. The van der Waals surface area contributed by atoms with Crippen molar-refractivity contribution < 1.29 is 19.1 Å². The number of carbonyl (C=O) groups excluding carboxylic acids is 3. The van der Waals surface area contributed by atoms with Crippen molar-refractivity contribution in [2.75, 3.05) is 6.61 Å². The number of benzene rings is 1. The Kier molecular flexibility index (Phi) is 8.33. The van der Waals surface area contributed by atoms with E-state index in [0.29, 0.717) is 42.2 Å². The van der Waals surface area contributed by atoms with Gasteiger partial charge >= 0.3 is 0 Å². The molecule has 2 rings (SSSR count). The number of allylic oxidation sites excluding steroid dienone is 2. The maximum Gasteiger partial charge on any atom is 0.287 e. The Morgan fingerprint density at radius 3 is 2.59 bits per heavy atom. The molecule has 0 aliphatic carbocycles. The molecule has 1 aliphatic heterocycles. The van der Waals surface area contributed by atoms with Gasteiger partial charge in [0.1, 0.15) is 0 Å². The quantitative estimate of drug-likeness (QED) is 0.764. The Labute approximate surface area is 170 Å². The number of aliphatic imine (C=N–C) groups is 1. The first-order chi connectivity index (χ1) is 13.9. The minimum absolute atomic E-state index is 0.351. The number of amides is 2. The van der Waals surface area contributed by atoms with Crippen LogP contribution in [0.4, 0.5) is 0 Å². The lowest BCUT2D eigenvalue weighted by Crippen LogP contribution is -2.46. The summed E-state index contributed by atoms with van der Waals surface area (Å²) in [5.41, 5.74) is 6.70. The van der Waals surface area contributed by atoms with Crippen molar-refractivity contribution in [1.29, 1.82) is 0 Å². The van der Waals surface area contributed by atoms with Crippen molar-refractivity contribution in [2.24, 2.45) is 10.7 Å². The number of nitrogens with one attached hydrogen (secondary N) is 1. The summed E-state index contributed by atoms with van der Waals surface area (Å²) in [7, 11) is 0. The summed E-state index contributed by atoms with van der Waals surface area (Å²) in [4.78, 5) is 41.0.